The van der Waals surface area contributed by atoms with Gasteiger partial charge in [-0.15, -0.1) is 0 Å². The van der Waals surface area contributed by atoms with Crippen LogP contribution in [0.3, 0.4) is 0 Å². The molecule has 0 heterocycles. The zero-order valence-corrected chi connectivity index (χ0v) is 13.9. The Morgan fingerprint density at radius 2 is 0.625 bits per heavy atom. The number of hydrogen-bond acceptors (Lipinski definition) is 4. The summed E-state index contributed by atoms with van der Waals surface area (Å²) in [5.41, 5.74) is -5.95. The Kier molecular flexibility index (Phi) is 6.70. The number of halogens is 14. The molecule has 0 unspecified atom stereocenters. The zero-order valence-electron chi connectivity index (χ0n) is 13.9. The average Bonchev–Trinajstić information content (AvgIpc) is 2.67. The van der Waals surface area contributed by atoms with E-state index in [-0.39, 0.29) is 0 Å². The molecule has 0 aliphatic heterocycles. The Labute approximate surface area is 164 Å². The molecule has 0 bridgehead atoms. The lowest BCUT2D eigenvalue weighted by molar-refractivity contribution is -0.577. The molecule has 2 rings (SSSR count). The van der Waals surface area contributed by atoms with Gasteiger partial charge in [-0.25, -0.2) is 26.3 Å². The summed E-state index contributed by atoms with van der Waals surface area (Å²) in [5.74, 6) is -28.8. The van der Waals surface area contributed by atoms with E-state index < -0.39 is 81.5 Å². The first-order chi connectivity index (χ1) is 14.5. The monoisotopic (exact) mass is 498 g/mol. The Hall–Kier alpha value is -3.02. The van der Waals surface area contributed by atoms with Gasteiger partial charge < -0.3 is 9.78 Å². The van der Waals surface area contributed by atoms with E-state index in [1.54, 1.807) is 0 Å². The van der Waals surface area contributed by atoms with Crippen LogP contribution in [-0.2, 0) is 22.4 Å². The van der Waals surface area contributed by atoms with Gasteiger partial charge in [-0.1, -0.05) is 0 Å². The minimum absolute atomic E-state index is 2.62. The zero-order chi connectivity index (χ0) is 24.8. The summed E-state index contributed by atoms with van der Waals surface area (Å²) in [6.07, 6.45) is -12.0. The molecule has 0 amide bonds. The molecule has 0 atom stereocenters. The van der Waals surface area contributed by atoms with Crippen LogP contribution in [0.15, 0.2) is 0 Å². The van der Waals surface area contributed by atoms with Crippen molar-refractivity contribution in [3.05, 3.63) is 57.7 Å². The van der Waals surface area contributed by atoms with Crippen molar-refractivity contribution in [3.63, 3.8) is 0 Å². The molecular formula is C14F14O4. The van der Waals surface area contributed by atoms with Crippen LogP contribution in [0.5, 0.6) is 11.5 Å². The van der Waals surface area contributed by atoms with Crippen molar-refractivity contribution in [2.75, 3.05) is 0 Å². The lowest BCUT2D eigenvalue weighted by Gasteiger charge is -2.15. The van der Waals surface area contributed by atoms with Gasteiger partial charge >= 0.3 is 12.4 Å². The van der Waals surface area contributed by atoms with E-state index in [0.717, 1.165) is 0 Å². The Morgan fingerprint density at radius 3 is 0.875 bits per heavy atom. The largest absolute Gasteiger partial charge is 0.423 e. The van der Waals surface area contributed by atoms with Gasteiger partial charge in [0, 0.05) is 10.1 Å². The maximum absolute atomic E-state index is 13.5. The maximum Gasteiger partial charge on any atom is 0.423 e. The highest BCUT2D eigenvalue weighted by atomic mass is 19.4. The Morgan fingerprint density at radius 1 is 0.375 bits per heavy atom. The van der Waals surface area contributed by atoms with Crippen molar-refractivity contribution in [2.45, 2.75) is 12.4 Å². The lowest BCUT2D eigenvalue weighted by Crippen LogP contribution is -2.19. The Balaban J connectivity index is 2.37. The lowest BCUT2D eigenvalue weighted by atomic mass is 10.1. The second-order valence-electron chi connectivity index (χ2n) is 5.22. The molecule has 0 aliphatic carbocycles. The SMILES string of the molecule is Fc1c(F)c(F)c(C(F)(F)F)c(OOOOc2c(F)c(F)c(F)c(F)c2C(F)(F)F)c1F. The smallest absolute Gasteiger partial charge is 0.301 e. The van der Waals surface area contributed by atoms with Gasteiger partial charge in [-0.3, -0.25) is 0 Å². The third-order valence-electron chi connectivity index (χ3n) is 3.28. The fraction of sp³-hybridized carbons (Fsp3) is 0.143. The predicted molar refractivity (Wildman–Crippen MR) is 66.0 cm³/mol. The summed E-state index contributed by atoms with van der Waals surface area (Å²) >= 11 is 0. The van der Waals surface area contributed by atoms with E-state index in [4.69, 9.17) is 0 Å². The molecule has 4 nitrogen and oxygen atoms in total. The summed E-state index contributed by atoms with van der Waals surface area (Å²) in [6.45, 7) is 0. The highest BCUT2D eigenvalue weighted by molar-refractivity contribution is 5.40. The molecule has 32 heavy (non-hydrogen) atoms. The third-order valence-corrected chi connectivity index (χ3v) is 3.28. The van der Waals surface area contributed by atoms with Gasteiger partial charge in [0.15, 0.2) is 23.3 Å². The van der Waals surface area contributed by atoms with Crippen LogP contribution in [0.4, 0.5) is 61.5 Å². The van der Waals surface area contributed by atoms with Gasteiger partial charge in [0.25, 0.3) is 0 Å². The number of benzene rings is 2. The van der Waals surface area contributed by atoms with E-state index in [1.165, 1.54) is 0 Å². The summed E-state index contributed by atoms with van der Waals surface area (Å²) in [7, 11) is 0. The van der Waals surface area contributed by atoms with Crippen molar-refractivity contribution < 1.29 is 81.3 Å². The molecular weight excluding hydrogens is 498 g/mol. The topological polar surface area (TPSA) is 36.9 Å². The van der Waals surface area contributed by atoms with Gasteiger partial charge in [0.1, 0.15) is 11.1 Å². The van der Waals surface area contributed by atoms with Gasteiger partial charge in [-0.2, -0.15) is 35.1 Å². The minimum atomic E-state index is -5.99. The van der Waals surface area contributed by atoms with Crippen LogP contribution in [0.25, 0.3) is 0 Å². The molecule has 18 heteroatoms. The van der Waals surface area contributed by atoms with E-state index in [0.29, 0.717) is 0 Å². The van der Waals surface area contributed by atoms with Crippen molar-refractivity contribution in [3.8, 4) is 11.5 Å². The second kappa shape index (κ2) is 8.49. The fourth-order valence-corrected chi connectivity index (χ4v) is 1.98. The number of hydrogen-bond donors (Lipinski definition) is 0. The molecule has 0 saturated carbocycles. The Bertz CT molecular complexity index is 963. The molecule has 0 fully saturated rings. The van der Waals surface area contributed by atoms with Crippen molar-refractivity contribution in [1.82, 2.24) is 0 Å². The molecule has 0 spiro atoms. The van der Waals surface area contributed by atoms with E-state index in [1.807, 2.05) is 0 Å². The third kappa shape index (κ3) is 4.45. The van der Waals surface area contributed by atoms with E-state index in [9.17, 15) is 61.5 Å². The second-order valence-corrected chi connectivity index (χ2v) is 5.22. The number of alkyl halides is 6. The maximum atomic E-state index is 13.5. The molecule has 2 aromatic carbocycles. The predicted octanol–water partition coefficient (Wildman–Crippen LogP) is 6.07. The van der Waals surface area contributed by atoms with Crippen LogP contribution >= 0.6 is 0 Å². The first-order valence-electron chi connectivity index (χ1n) is 7.05. The summed E-state index contributed by atoms with van der Waals surface area (Å²) in [6, 6.07) is 0. The van der Waals surface area contributed by atoms with E-state index in [2.05, 4.69) is 19.9 Å². The highest BCUT2D eigenvalue weighted by Gasteiger charge is 2.45. The van der Waals surface area contributed by atoms with Gasteiger partial charge in [0.05, 0.1) is 0 Å². The minimum Gasteiger partial charge on any atom is -0.301 e. The van der Waals surface area contributed by atoms with Crippen LogP contribution in [-0.4, -0.2) is 0 Å². The van der Waals surface area contributed by atoms with Crippen LogP contribution < -0.4 is 9.78 Å². The van der Waals surface area contributed by atoms with Crippen molar-refractivity contribution in [2.24, 2.45) is 0 Å². The number of rotatable bonds is 5. The summed E-state index contributed by atoms with van der Waals surface area (Å²) in [5, 5.41) is 6.26. The first kappa shape index (κ1) is 25.2. The summed E-state index contributed by atoms with van der Waals surface area (Å²) in [4.78, 5) is 6.66. The van der Waals surface area contributed by atoms with Crippen LogP contribution in [0, 0.1) is 46.5 Å². The summed E-state index contributed by atoms with van der Waals surface area (Å²) < 4.78 is 182. The molecule has 0 aliphatic rings. The quantitative estimate of drug-likeness (QED) is 0.125. The standard InChI is InChI=1S/C14F14O4/c15-3-1(13(23,24)25)11(9(21)7(19)5(3)17)29-31-32-30-12-2(14(26,27)28)4(16)6(18)8(20)10(12)22. The van der Waals surface area contributed by atoms with Gasteiger partial charge in [0.2, 0.25) is 34.8 Å². The molecule has 0 aromatic heterocycles. The van der Waals surface area contributed by atoms with Crippen molar-refractivity contribution in [1.29, 1.82) is 0 Å². The normalized spacial score (nSPS) is 12.3. The van der Waals surface area contributed by atoms with E-state index >= 15 is 0 Å². The highest BCUT2D eigenvalue weighted by Crippen LogP contribution is 2.43. The van der Waals surface area contributed by atoms with Gasteiger partial charge in [-0.05, 0) is 0 Å². The molecule has 178 valence electrons. The molecule has 0 saturated heterocycles. The molecule has 0 radical (unpaired) electrons. The molecule has 2 aromatic rings. The van der Waals surface area contributed by atoms with Crippen LogP contribution in [0.2, 0.25) is 0 Å². The fourth-order valence-electron chi connectivity index (χ4n) is 1.98. The average molecular weight is 498 g/mol. The molecule has 0 N–H and O–H groups in total. The van der Waals surface area contributed by atoms with Crippen molar-refractivity contribution >= 4 is 0 Å². The first-order valence-corrected chi connectivity index (χ1v) is 7.05. The van der Waals surface area contributed by atoms with Crippen LogP contribution in [0.1, 0.15) is 11.1 Å².